The van der Waals surface area contributed by atoms with Crippen molar-refractivity contribution in [2.75, 3.05) is 6.54 Å². The maximum Gasteiger partial charge on any atom is 0.329 e. The zero-order valence-electron chi connectivity index (χ0n) is 19.8. The van der Waals surface area contributed by atoms with Gasteiger partial charge in [0.25, 0.3) is 0 Å². The molecule has 1 aromatic heterocycles. The number of fused-ring (bicyclic) bond motifs is 1. The Bertz CT molecular complexity index is 1130. The van der Waals surface area contributed by atoms with E-state index in [-0.39, 0.29) is 35.9 Å². The number of amides is 3. The van der Waals surface area contributed by atoms with E-state index >= 15 is 0 Å². The number of benzene rings is 1. The summed E-state index contributed by atoms with van der Waals surface area (Å²) in [5.41, 5.74) is 8.35. The quantitative estimate of drug-likeness (QED) is 0.400. The van der Waals surface area contributed by atoms with Crippen molar-refractivity contribution in [3.8, 4) is 0 Å². The third-order valence-electron chi connectivity index (χ3n) is 7.20. The fourth-order valence-corrected chi connectivity index (χ4v) is 5.25. The second kappa shape index (κ2) is 10.5. The van der Waals surface area contributed by atoms with Gasteiger partial charge in [-0.05, 0) is 62.6 Å². The van der Waals surface area contributed by atoms with Crippen molar-refractivity contribution in [3.63, 3.8) is 0 Å². The van der Waals surface area contributed by atoms with Crippen molar-refractivity contribution in [2.24, 2.45) is 18.7 Å². The fourth-order valence-electron chi connectivity index (χ4n) is 5.25. The number of imidazole rings is 1. The van der Waals surface area contributed by atoms with E-state index in [1.165, 1.54) is 4.57 Å². The summed E-state index contributed by atoms with van der Waals surface area (Å²) in [6.45, 7) is 0.687. The Kier molecular flexibility index (Phi) is 7.50. The topological polar surface area (TPSA) is 128 Å². The van der Waals surface area contributed by atoms with Crippen LogP contribution < -0.4 is 22.1 Å². The van der Waals surface area contributed by atoms with Crippen LogP contribution in [0.15, 0.2) is 23.0 Å². The van der Waals surface area contributed by atoms with E-state index in [4.69, 9.17) is 5.73 Å². The van der Waals surface area contributed by atoms with Gasteiger partial charge < -0.3 is 11.1 Å². The largest absolute Gasteiger partial charge is 0.356 e. The van der Waals surface area contributed by atoms with E-state index in [9.17, 15) is 19.2 Å². The molecule has 3 unspecified atom stereocenters. The molecule has 1 aliphatic heterocycles. The Balaban J connectivity index is 1.29. The number of carbonyl (C=O) groups excluding carboxylic acids is 3. The number of carbonyl (C=O) groups is 3. The van der Waals surface area contributed by atoms with Gasteiger partial charge in [0.15, 0.2) is 0 Å². The minimum atomic E-state index is -0.667. The van der Waals surface area contributed by atoms with Gasteiger partial charge in [0, 0.05) is 32.0 Å². The predicted molar refractivity (Wildman–Crippen MR) is 129 cm³/mol. The van der Waals surface area contributed by atoms with Gasteiger partial charge in [-0.25, -0.2) is 4.79 Å². The summed E-state index contributed by atoms with van der Waals surface area (Å²) in [6, 6.07) is 5.39. The second-order valence-corrected chi connectivity index (χ2v) is 9.73. The molecule has 2 heterocycles. The summed E-state index contributed by atoms with van der Waals surface area (Å²) in [5, 5.41) is 5.39. The van der Waals surface area contributed by atoms with Crippen molar-refractivity contribution in [1.82, 2.24) is 19.8 Å². The maximum atomic E-state index is 12.9. The van der Waals surface area contributed by atoms with Crippen LogP contribution in [-0.2, 0) is 27.9 Å². The van der Waals surface area contributed by atoms with Gasteiger partial charge in [-0.2, -0.15) is 0 Å². The lowest BCUT2D eigenvalue weighted by Crippen LogP contribution is -2.44. The summed E-state index contributed by atoms with van der Waals surface area (Å²) >= 11 is 0. The first-order valence-corrected chi connectivity index (χ1v) is 12.4. The van der Waals surface area contributed by atoms with Crippen LogP contribution in [0.2, 0.25) is 0 Å². The van der Waals surface area contributed by atoms with E-state index in [0.29, 0.717) is 18.5 Å². The number of piperidine rings is 1. The lowest BCUT2D eigenvalue weighted by atomic mass is 9.85. The highest BCUT2D eigenvalue weighted by atomic mass is 16.2. The first-order valence-electron chi connectivity index (χ1n) is 12.4. The van der Waals surface area contributed by atoms with Crippen molar-refractivity contribution in [2.45, 2.75) is 76.3 Å². The van der Waals surface area contributed by atoms with Crippen LogP contribution in [0.3, 0.4) is 0 Å². The molecule has 2 aliphatic rings. The molecular weight excluding hydrogens is 434 g/mol. The third-order valence-corrected chi connectivity index (χ3v) is 7.20. The molecule has 9 heteroatoms. The van der Waals surface area contributed by atoms with E-state index in [0.717, 1.165) is 62.4 Å². The molecule has 0 bridgehead atoms. The Labute approximate surface area is 199 Å². The molecule has 3 amide bonds. The second-order valence-electron chi connectivity index (χ2n) is 9.73. The van der Waals surface area contributed by atoms with Crippen molar-refractivity contribution in [1.29, 1.82) is 0 Å². The summed E-state index contributed by atoms with van der Waals surface area (Å²) < 4.78 is 3.07. The van der Waals surface area contributed by atoms with Gasteiger partial charge in [0.1, 0.15) is 6.04 Å². The van der Waals surface area contributed by atoms with E-state index < -0.39 is 11.9 Å². The molecule has 4 N–H and O–H groups in total. The summed E-state index contributed by atoms with van der Waals surface area (Å²) in [7, 11) is 1.71. The third kappa shape index (κ3) is 5.24. The number of rotatable bonds is 8. The smallest absolute Gasteiger partial charge is 0.329 e. The van der Waals surface area contributed by atoms with Gasteiger partial charge in [-0.15, -0.1) is 0 Å². The van der Waals surface area contributed by atoms with Crippen molar-refractivity contribution < 1.29 is 14.4 Å². The summed E-state index contributed by atoms with van der Waals surface area (Å²) in [5.74, 6) is -0.514. The number of aryl methyl sites for hydroxylation is 2. The standard InChI is InChI=1S/C25H35N5O4/c1-29-21-14-16(6-3-2-4-13-27-23(32)17-7-5-8-18(26)15-17)9-10-19(21)30(25(29)34)20-11-12-22(31)28-24(20)33/h9-10,14,17-18,20H,2-8,11-13,15,26H2,1H3,(H,27,32)(H,28,31,33). The number of imide groups is 1. The number of hydrogen-bond donors (Lipinski definition) is 3. The Hall–Kier alpha value is -2.94. The highest BCUT2D eigenvalue weighted by Crippen LogP contribution is 2.25. The lowest BCUT2D eigenvalue weighted by Gasteiger charge is -2.25. The molecule has 0 radical (unpaired) electrons. The van der Waals surface area contributed by atoms with Crippen LogP contribution in [0, 0.1) is 5.92 Å². The number of nitrogens with two attached hydrogens (primary N) is 1. The molecule has 34 heavy (non-hydrogen) atoms. The molecule has 0 spiro atoms. The van der Waals surface area contributed by atoms with E-state index in [1.807, 2.05) is 18.2 Å². The number of unbranched alkanes of at least 4 members (excludes halogenated alkanes) is 2. The first-order chi connectivity index (χ1) is 16.3. The molecule has 184 valence electrons. The predicted octanol–water partition coefficient (Wildman–Crippen LogP) is 1.66. The number of hydrogen-bond acceptors (Lipinski definition) is 5. The Morgan fingerprint density at radius 2 is 1.94 bits per heavy atom. The zero-order chi connectivity index (χ0) is 24.2. The van der Waals surface area contributed by atoms with Gasteiger partial charge in [0.2, 0.25) is 17.7 Å². The maximum absolute atomic E-state index is 12.9. The normalized spacial score (nSPS) is 23.2. The Morgan fingerprint density at radius 3 is 2.71 bits per heavy atom. The monoisotopic (exact) mass is 469 g/mol. The van der Waals surface area contributed by atoms with Crippen LogP contribution in [0.5, 0.6) is 0 Å². The van der Waals surface area contributed by atoms with E-state index in [1.54, 1.807) is 11.6 Å². The van der Waals surface area contributed by atoms with Crippen LogP contribution in [0.4, 0.5) is 0 Å². The minimum absolute atomic E-state index is 0.0644. The van der Waals surface area contributed by atoms with Crippen LogP contribution >= 0.6 is 0 Å². The number of aromatic nitrogens is 2. The van der Waals surface area contributed by atoms with Gasteiger partial charge in [-0.1, -0.05) is 18.9 Å². The summed E-state index contributed by atoms with van der Waals surface area (Å²) in [6.07, 6.45) is 8.13. The van der Waals surface area contributed by atoms with E-state index in [2.05, 4.69) is 10.6 Å². The average Bonchev–Trinajstić information content (AvgIpc) is 3.06. The SMILES string of the molecule is Cn1c(=O)n(C2CCC(=O)NC2=O)c2ccc(CCCCCNC(=O)C3CCCC(N)C3)cc21. The first kappa shape index (κ1) is 24.2. The molecule has 9 nitrogen and oxygen atoms in total. The minimum Gasteiger partial charge on any atom is -0.356 e. The number of nitrogens with one attached hydrogen (secondary N) is 2. The molecule has 1 aromatic carbocycles. The van der Waals surface area contributed by atoms with Crippen LogP contribution in [-0.4, -0.2) is 39.4 Å². The molecule has 3 atom stereocenters. The zero-order valence-corrected chi connectivity index (χ0v) is 19.8. The fraction of sp³-hybridized carbons (Fsp3) is 0.600. The lowest BCUT2D eigenvalue weighted by molar-refractivity contribution is -0.135. The van der Waals surface area contributed by atoms with Gasteiger partial charge in [0.05, 0.1) is 11.0 Å². The molecular formula is C25H35N5O4. The summed E-state index contributed by atoms with van der Waals surface area (Å²) in [4.78, 5) is 49.0. The molecule has 1 saturated carbocycles. The van der Waals surface area contributed by atoms with Crippen molar-refractivity contribution in [3.05, 3.63) is 34.2 Å². The average molecular weight is 470 g/mol. The van der Waals surface area contributed by atoms with Crippen molar-refractivity contribution >= 4 is 28.8 Å². The number of nitrogens with zero attached hydrogens (tertiary/aromatic N) is 2. The molecule has 1 aliphatic carbocycles. The molecule has 2 aromatic rings. The van der Waals surface area contributed by atoms with Gasteiger partial charge >= 0.3 is 5.69 Å². The van der Waals surface area contributed by atoms with Crippen LogP contribution in [0.1, 0.15) is 69.4 Å². The van der Waals surface area contributed by atoms with Gasteiger partial charge in [-0.3, -0.25) is 28.8 Å². The molecule has 2 fully saturated rings. The molecule has 1 saturated heterocycles. The Morgan fingerprint density at radius 1 is 1.12 bits per heavy atom. The molecule has 4 rings (SSSR count). The highest BCUT2D eigenvalue weighted by molar-refractivity contribution is 6.00. The van der Waals surface area contributed by atoms with Crippen LogP contribution in [0.25, 0.3) is 11.0 Å². The highest BCUT2D eigenvalue weighted by Gasteiger charge is 2.31.